The topological polar surface area (TPSA) is 75.8 Å². The summed E-state index contributed by atoms with van der Waals surface area (Å²) in [4.78, 5) is 13.4. The van der Waals surface area contributed by atoms with Crippen molar-refractivity contribution in [2.24, 2.45) is 3.95 Å². The molecule has 0 saturated carbocycles. The molecule has 134 valence electrons. The Kier molecular flexibility index (Phi) is 4.89. The van der Waals surface area contributed by atoms with Gasteiger partial charge in [0.15, 0.2) is 0 Å². The Balaban J connectivity index is 2.07. The fourth-order valence-electron chi connectivity index (χ4n) is 2.68. The molecule has 1 aliphatic heterocycles. The summed E-state index contributed by atoms with van der Waals surface area (Å²) < 4.78 is 60.7. The first-order valence-electron chi connectivity index (χ1n) is 7.13. The predicted octanol–water partition coefficient (Wildman–Crippen LogP) is 3.09. The van der Waals surface area contributed by atoms with Gasteiger partial charge in [-0.05, 0) is 0 Å². The van der Waals surface area contributed by atoms with Gasteiger partial charge in [-0.25, -0.2) is 0 Å². The van der Waals surface area contributed by atoms with Crippen molar-refractivity contribution in [3.8, 4) is 5.75 Å². The van der Waals surface area contributed by atoms with Crippen molar-refractivity contribution in [1.82, 2.24) is 0 Å². The van der Waals surface area contributed by atoms with E-state index in [9.17, 15) is 21.4 Å². The second-order valence-electron chi connectivity index (χ2n) is 5.30. The number of hydrogen-bond acceptors (Lipinski definition) is 4. The number of nitrogens with two attached hydrogens (primary N) is 1. The molecular weight excluding hydrogens is 452 g/mol. The van der Waals surface area contributed by atoms with Gasteiger partial charge in [0.05, 0.1) is 0 Å². The monoisotopic (exact) mass is 466 g/mol. The van der Waals surface area contributed by atoms with Crippen LogP contribution in [-0.4, -0.2) is 16.0 Å². The van der Waals surface area contributed by atoms with Crippen LogP contribution in [0.4, 0.5) is 18.9 Å². The van der Waals surface area contributed by atoms with Gasteiger partial charge in [-0.2, -0.15) is 0 Å². The maximum absolute atomic E-state index is 13.5. The van der Waals surface area contributed by atoms with E-state index in [0.717, 1.165) is 0 Å². The number of alkyl halides is 3. The van der Waals surface area contributed by atoms with Gasteiger partial charge in [0, 0.05) is 0 Å². The Hall–Kier alpha value is -1.85. The van der Waals surface area contributed by atoms with Crippen LogP contribution in [0.3, 0.4) is 0 Å². The van der Waals surface area contributed by atoms with Crippen molar-refractivity contribution in [3.63, 3.8) is 0 Å². The minimum atomic E-state index is -4.68. The number of para-hydroxylation sites is 2. The van der Waals surface area contributed by atoms with Crippen LogP contribution in [0.1, 0.15) is 11.1 Å². The summed E-state index contributed by atoms with van der Waals surface area (Å²) in [6.07, 6.45) is -4.68. The van der Waals surface area contributed by atoms with Crippen LogP contribution in [0.15, 0.2) is 42.5 Å². The maximum atomic E-state index is 13.5. The average Bonchev–Trinajstić information content (AvgIpc) is 2.56. The summed E-state index contributed by atoms with van der Waals surface area (Å²) in [5, 5.41) is 0. The SMILES string of the molecule is NI(O)c1cccc(CN2C(=O)COc3ccccc32)c1C(F)(F)F. The number of fused-ring (bicyclic) bond motifs is 1. The number of nitrogens with zero attached hydrogens (tertiary/aromatic N) is 1. The first-order valence-corrected chi connectivity index (χ1v) is 10.4. The van der Waals surface area contributed by atoms with Crippen molar-refractivity contribution in [2.45, 2.75) is 12.7 Å². The summed E-state index contributed by atoms with van der Waals surface area (Å²) in [5.74, 6) is -0.00872. The molecule has 0 aromatic heterocycles. The van der Waals surface area contributed by atoms with Crippen LogP contribution < -0.4 is 13.6 Å². The van der Waals surface area contributed by atoms with Gasteiger partial charge in [-0.3, -0.25) is 0 Å². The molecule has 2 aromatic rings. The Labute approximate surface area is 149 Å². The van der Waals surface area contributed by atoms with E-state index in [2.05, 4.69) is 0 Å². The summed E-state index contributed by atoms with van der Waals surface area (Å²) >= 11 is -3.36. The van der Waals surface area contributed by atoms with Crippen LogP contribution >= 0.6 is 20.5 Å². The first kappa shape index (κ1) is 18.0. The molecule has 5 nitrogen and oxygen atoms in total. The average molecular weight is 466 g/mol. The predicted molar refractivity (Wildman–Crippen MR) is 93.7 cm³/mol. The van der Waals surface area contributed by atoms with Crippen molar-refractivity contribution in [3.05, 3.63) is 57.2 Å². The third kappa shape index (κ3) is 3.58. The summed E-state index contributed by atoms with van der Waals surface area (Å²) in [5.41, 5.74) is -0.664. The molecule has 1 amide bonds. The van der Waals surface area contributed by atoms with Crippen LogP contribution in [0.5, 0.6) is 5.75 Å². The number of rotatable bonds is 3. The summed E-state index contributed by atoms with van der Waals surface area (Å²) in [6.45, 7) is -0.528. The third-order valence-electron chi connectivity index (χ3n) is 3.73. The first-order chi connectivity index (χ1) is 11.8. The van der Waals surface area contributed by atoms with E-state index in [1.165, 1.54) is 23.1 Å². The van der Waals surface area contributed by atoms with Gasteiger partial charge in [0.2, 0.25) is 0 Å². The van der Waals surface area contributed by atoms with Crippen molar-refractivity contribution >= 4 is 32.1 Å². The van der Waals surface area contributed by atoms with Gasteiger partial charge in [0.25, 0.3) is 0 Å². The molecular formula is C16H14F3IN2O3. The number of benzene rings is 2. The molecule has 0 aliphatic carbocycles. The molecule has 25 heavy (non-hydrogen) atoms. The van der Waals surface area contributed by atoms with E-state index in [1.54, 1.807) is 24.3 Å². The van der Waals surface area contributed by atoms with Crippen LogP contribution in [0.25, 0.3) is 0 Å². The zero-order valence-electron chi connectivity index (χ0n) is 12.8. The third-order valence-corrected chi connectivity index (χ3v) is 5.82. The quantitative estimate of drug-likeness (QED) is 0.539. The van der Waals surface area contributed by atoms with Gasteiger partial charge in [-0.15, -0.1) is 0 Å². The molecule has 0 saturated heterocycles. The second-order valence-corrected chi connectivity index (χ2v) is 8.12. The molecule has 0 bridgehead atoms. The molecule has 0 spiro atoms. The van der Waals surface area contributed by atoms with E-state index in [-0.39, 0.29) is 22.3 Å². The van der Waals surface area contributed by atoms with E-state index >= 15 is 0 Å². The Bertz CT molecular complexity index is 811. The van der Waals surface area contributed by atoms with E-state index in [1.807, 2.05) is 0 Å². The second kappa shape index (κ2) is 6.81. The molecule has 0 unspecified atom stereocenters. The minimum absolute atomic E-state index is 0.114. The molecule has 0 atom stereocenters. The fraction of sp³-hybridized carbons (Fsp3) is 0.188. The summed E-state index contributed by atoms with van der Waals surface area (Å²) in [6, 6.07) is 10.5. The fourth-order valence-corrected chi connectivity index (χ4v) is 4.46. The number of hydrogen-bond donors (Lipinski definition) is 2. The van der Waals surface area contributed by atoms with Crippen molar-refractivity contribution in [1.29, 1.82) is 0 Å². The van der Waals surface area contributed by atoms with Gasteiger partial charge in [0.1, 0.15) is 0 Å². The van der Waals surface area contributed by atoms with Gasteiger partial charge >= 0.3 is 149 Å². The molecule has 3 N–H and O–H groups in total. The normalized spacial score (nSPS) is 14.8. The van der Waals surface area contributed by atoms with Crippen LogP contribution in [0, 0.1) is 3.57 Å². The number of carbonyl (C=O) groups is 1. The Morgan fingerprint density at radius 3 is 2.60 bits per heavy atom. The molecule has 3 rings (SSSR count). The molecule has 9 heteroatoms. The number of amides is 1. The van der Waals surface area contributed by atoms with E-state index in [0.29, 0.717) is 11.4 Å². The van der Waals surface area contributed by atoms with Gasteiger partial charge in [-0.1, -0.05) is 0 Å². The zero-order valence-corrected chi connectivity index (χ0v) is 14.9. The van der Waals surface area contributed by atoms with Crippen molar-refractivity contribution in [2.75, 3.05) is 11.5 Å². The zero-order chi connectivity index (χ0) is 18.2. The number of anilines is 1. The molecule has 1 aliphatic rings. The van der Waals surface area contributed by atoms with E-state index in [4.69, 9.17) is 8.68 Å². The molecule has 2 aromatic carbocycles. The summed E-state index contributed by atoms with van der Waals surface area (Å²) in [7, 11) is 0. The number of carbonyl (C=O) groups excluding carboxylic acids is 1. The Morgan fingerprint density at radius 2 is 1.92 bits per heavy atom. The Morgan fingerprint density at radius 1 is 1.20 bits per heavy atom. The molecule has 0 fully saturated rings. The molecule has 0 radical (unpaired) electrons. The number of ether oxygens (including phenoxy) is 1. The van der Waals surface area contributed by atoms with Gasteiger partial charge < -0.3 is 0 Å². The van der Waals surface area contributed by atoms with Crippen LogP contribution in [0.2, 0.25) is 0 Å². The van der Waals surface area contributed by atoms with Crippen molar-refractivity contribution < 1.29 is 26.1 Å². The number of halogens is 4. The molecule has 1 heterocycles. The van der Waals surface area contributed by atoms with E-state index < -0.39 is 38.2 Å². The standard InChI is InChI=1S/C16H14F3IN2O3/c17-16(18,19)15-10(4-3-5-11(15)20(21)24)8-22-12-6-1-2-7-13(12)25-9-14(22)23/h1-7,24H,8-9,21H2. The van der Waals surface area contributed by atoms with Crippen LogP contribution in [-0.2, 0) is 17.5 Å².